The van der Waals surface area contributed by atoms with Crippen LogP contribution in [0.4, 0.5) is 0 Å². The van der Waals surface area contributed by atoms with Gasteiger partial charge in [0.1, 0.15) is 5.78 Å². The maximum absolute atomic E-state index is 11.1. The third-order valence-corrected chi connectivity index (χ3v) is 1.97. The number of hydrogen-bond acceptors (Lipinski definition) is 2. The first-order chi connectivity index (χ1) is 4.63. The van der Waals surface area contributed by atoms with Crippen molar-refractivity contribution in [2.75, 3.05) is 13.6 Å². The van der Waals surface area contributed by atoms with Gasteiger partial charge in [-0.25, -0.2) is 0 Å². The molecule has 1 atom stereocenters. The first-order valence-corrected chi connectivity index (χ1v) is 3.86. The van der Waals surface area contributed by atoms with Crippen LogP contribution in [0.3, 0.4) is 0 Å². The van der Waals surface area contributed by atoms with Gasteiger partial charge >= 0.3 is 0 Å². The first-order valence-electron chi connectivity index (χ1n) is 3.86. The quantitative estimate of drug-likeness (QED) is 0.591. The molecule has 2 nitrogen and oxygen atoms in total. The Morgan fingerprint density at radius 3 is 2.30 bits per heavy atom. The lowest BCUT2D eigenvalue weighted by Gasteiger charge is -2.20. The number of Topliss-reactive ketones (excluding diaryl/α,β-unsaturated/α-hetero) is 1. The minimum absolute atomic E-state index is 0.0926. The molecule has 0 amide bonds. The summed E-state index contributed by atoms with van der Waals surface area (Å²) < 4.78 is 0. The zero-order valence-corrected chi connectivity index (χ0v) is 7.35. The fourth-order valence-electron chi connectivity index (χ4n) is 0.815. The fourth-order valence-corrected chi connectivity index (χ4v) is 0.815. The van der Waals surface area contributed by atoms with E-state index in [-0.39, 0.29) is 6.04 Å². The SMILES string of the molecule is CCC(=O)[C@@H](C)N(C)CC. The van der Waals surface area contributed by atoms with Gasteiger partial charge in [0, 0.05) is 6.42 Å². The number of rotatable bonds is 4. The van der Waals surface area contributed by atoms with Crippen molar-refractivity contribution in [3.63, 3.8) is 0 Å². The molecule has 0 bridgehead atoms. The third-order valence-electron chi connectivity index (χ3n) is 1.97. The summed E-state index contributed by atoms with van der Waals surface area (Å²) in [4.78, 5) is 13.1. The van der Waals surface area contributed by atoms with Crippen molar-refractivity contribution in [3.05, 3.63) is 0 Å². The van der Waals surface area contributed by atoms with Gasteiger partial charge in [-0.05, 0) is 20.5 Å². The summed E-state index contributed by atoms with van der Waals surface area (Å²) in [7, 11) is 1.97. The van der Waals surface area contributed by atoms with Crippen LogP contribution < -0.4 is 0 Å². The summed E-state index contributed by atoms with van der Waals surface area (Å²) in [5, 5.41) is 0. The van der Waals surface area contributed by atoms with Crippen molar-refractivity contribution in [1.82, 2.24) is 4.90 Å². The van der Waals surface area contributed by atoms with Gasteiger partial charge in [-0.15, -0.1) is 0 Å². The lowest BCUT2D eigenvalue weighted by atomic mass is 10.1. The lowest BCUT2D eigenvalue weighted by Crippen LogP contribution is -2.35. The Morgan fingerprint density at radius 1 is 1.50 bits per heavy atom. The van der Waals surface area contributed by atoms with Crippen LogP contribution in [0.5, 0.6) is 0 Å². The highest BCUT2D eigenvalue weighted by atomic mass is 16.1. The lowest BCUT2D eigenvalue weighted by molar-refractivity contribution is -0.122. The second-order valence-corrected chi connectivity index (χ2v) is 2.57. The zero-order valence-electron chi connectivity index (χ0n) is 7.35. The van der Waals surface area contributed by atoms with Crippen molar-refractivity contribution < 1.29 is 4.79 Å². The molecule has 0 rings (SSSR count). The molecular formula is C8H17NO. The molecule has 0 saturated heterocycles. The Kier molecular flexibility index (Phi) is 4.28. The van der Waals surface area contributed by atoms with Crippen LogP contribution in [0, 0.1) is 0 Å². The van der Waals surface area contributed by atoms with E-state index in [0.717, 1.165) is 6.54 Å². The summed E-state index contributed by atoms with van der Waals surface area (Å²) in [6.45, 7) is 6.85. The summed E-state index contributed by atoms with van der Waals surface area (Å²) in [5.74, 6) is 0.323. The van der Waals surface area contributed by atoms with E-state index in [0.29, 0.717) is 12.2 Å². The van der Waals surface area contributed by atoms with Gasteiger partial charge in [-0.2, -0.15) is 0 Å². The summed E-state index contributed by atoms with van der Waals surface area (Å²) >= 11 is 0. The number of carbonyl (C=O) groups is 1. The smallest absolute Gasteiger partial charge is 0.149 e. The second-order valence-electron chi connectivity index (χ2n) is 2.57. The van der Waals surface area contributed by atoms with Crippen LogP contribution in [0.15, 0.2) is 0 Å². The van der Waals surface area contributed by atoms with Gasteiger partial charge in [0.15, 0.2) is 0 Å². The molecule has 0 aliphatic heterocycles. The van der Waals surface area contributed by atoms with Crippen molar-refractivity contribution in [2.24, 2.45) is 0 Å². The van der Waals surface area contributed by atoms with Crippen LogP contribution in [0.1, 0.15) is 27.2 Å². The molecule has 0 spiro atoms. The Morgan fingerprint density at radius 2 is 2.00 bits per heavy atom. The molecule has 60 valence electrons. The molecule has 0 aliphatic carbocycles. The van der Waals surface area contributed by atoms with E-state index >= 15 is 0 Å². The number of ketones is 1. The third kappa shape index (κ3) is 2.48. The van der Waals surface area contributed by atoms with E-state index < -0.39 is 0 Å². The van der Waals surface area contributed by atoms with E-state index in [1.54, 1.807) is 0 Å². The molecule has 0 heterocycles. The zero-order chi connectivity index (χ0) is 8.15. The summed E-state index contributed by atoms with van der Waals surface area (Å²) in [5.41, 5.74) is 0. The molecule has 0 fully saturated rings. The summed E-state index contributed by atoms with van der Waals surface area (Å²) in [6, 6.07) is 0.0926. The average Bonchev–Trinajstić information content (AvgIpc) is 2.00. The van der Waals surface area contributed by atoms with Gasteiger partial charge in [-0.1, -0.05) is 13.8 Å². The van der Waals surface area contributed by atoms with Crippen LogP contribution in [-0.4, -0.2) is 30.3 Å². The van der Waals surface area contributed by atoms with E-state index in [9.17, 15) is 4.79 Å². The van der Waals surface area contributed by atoms with Crippen molar-refractivity contribution >= 4 is 5.78 Å². The standard InChI is InChI=1S/C8H17NO/c1-5-8(10)7(3)9(4)6-2/h7H,5-6H2,1-4H3/t7-/m1/s1. The van der Waals surface area contributed by atoms with E-state index in [1.165, 1.54) is 0 Å². The molecular weight excluding hydrogens is 126 g/mol. The van der Waals surface area contributed by atoms with E-state index in [1.807, 2.05) is 25.8 Å². The molecule has 2 heteroatoms. The van der Waals surface area contributed by atoms with Crippen LogP contribution in [0.25, 0.3) is 0 Å². The molecule has 0 N–H and O–H groups in total. The predicted octanol–water partition coefficient (Wildman–Crippen LogP) is 1.31. The van der Waals surface area contributed by atoms with Gasteiger partial charge in [0.2, 0.25) is 0 Å². The Hall–Kier alpha value is -0.370. The number of carbonyl (C=O) groups excluding carboxylic acids is 1. The highest BCUT2D eigenvalue weighted by Crippen LogP contribution is 1.98. The molecule has 10 heavy (non-hydrogen) atoms. The monoisotopic (exact) mass is 143 g/mol. The normalized spacial score (nSPS) is 13.7. The van der Waals surface area contributed by atoms with E-state index in [2.05, 4.69) is 6.92 Å². The highest BCUT2D eigenvalue weighted by Gasteiger charge is 2.13. The van der Waals surface area contributed by atoms with Crippen molar-refractivity contribution in [3.8, 4) is 0 Å². The Bertz CT molecular complexity index is 112. The van der Waals surface area contributed by atoms with Gasteiger partial charge in [0.25, 0.3) is 0 Å². The van der Waals surface area contributed by atoms with Gasteiger partial charge < -0.3 is 0 Å². The van der Waals surface area contributed by atoms with Gasteiger partial charge in [-0.3, -0.25) is 9.69 Å². The average molecular weight is 143 g/mol. The van der Waals surface area contributed by atoms with Crippen LogP contribution in [0.2, 0.25) is 0 Å². The summed E-state index contributed by atoms with van der Waals surface area (Å²) in [6.07, 6.45) is 0.644. The molecule has 0 radical (unpaired) electrons. The van der Waals surface area contributed by atoms with Gasteiger partial charge in [0.05, 0.1) is 6.04 Å². The number of nitrogens with zero attached hydrogens (tertiary/aromatic N) is 1. The largest absolute Gasteiger partial charge is 0.298 e. The van der Waals surface area contributed by atoms with E-state index in [4.69, 9.17) is 0 Å². The molecule has 0 aromatic heterocycles. The molecule has 0 aromatic rings. The maximum atomic E-state index is 11.1. The molecule has 0 unspecified atom stereocenters. The minimum Gasteiger partial charge on any atom is -0.298 e. The predicted molar refractivity (Wildman–Crippen MR) is 43.1 cm³/mol. The highest BCUT2D eigenvalue weighted by molar-refractivity contribution is 5.83. The second kappa shape index (κ2) is 4.45. The van der Waals surface area contributed by atoms with Crippen LogP contribution in [-0.2, 0) is 4.79 Å². The minimum atomic E-state index is 0.0926. The number of hydrogen-bond donors (Lipinski definition) is 0. The van der Waals surface area contributed by atoms with Crippen molar-refractivity contribution in [1.29, 1.82) is 0 Å². The topological polar surface area (TPSA) is 20.3 Å². The number of likely N-dealkylation sites (N-methyl/N-ethyl adjacent to an activating group) is 1. The molecule has 0 saturated carbocycles. The first kappa shape index (κ1) is 9.63. The maximum Gasteiger partial charge on any atom is 0.149 e. The van der Waals surface area contributed by atoms with Crippen LogP contribution >= 0.6 is 0 Å². The van der Waals surface area contributed by atoms with Crippen molar-refractivity contribution in [2.45, 2.75) is 33.2 Å². The Balaban J connectivity index is 3.81. The molecule has 0 aromatic carbocycles. The fraction of sp³-hybridized carbons (Fsp3) is 0.875. The molecule has 0 aliphatic rings. The Labute approximate surface area is 63.2 Å².